The van der Waals surface area contributed by atoms with Gasteiger partial charge in [-0.3, -0.25) is 4.79 Å². The van der Waals surface area contributed by atoms with Crippen LogP contribution in [0.1, 0.15) is 20.8 Å². The van der Waals surface area contributed by atoms with Crippen molar-refractivity contribution in [2.75, 3.05) is 18.6 Å². The van der Waals surface area contributed by atoms with E-state index in [-0.39, 0.29) is 18.4 Å². The molecule has 1 unspecified atom stereocenters. The maximum Gasteiger partial charge on any atom is 0.407 e. The van der Waals surface area contributed by atoms with Gasteiger partial charge in [-0.2, -0.15) is 0 Å². The maximum absolute atomic E-state index is 12.5. The van der Waals surface area contributed by atoms with E-state index in [2.05, 4.69) is 5.32 Å². The number of carbonyl (C=O) groups is 2. The minimum atomic E-state index is -0.612. The molecule has 110 valence electrons. The summed E-state index contributed by atoms with van der Waals surface area (Å²) in [4.78, 5) is 25.5. The van der Waals surface area contributed by atoms with Crippen LogP contribution < -0.4 is 10.2 Å². The highest BCUT2D eigenvalue weighted by Crippen LogP contribution is 2.15. The molecular weight excluding hydrogens is 256 g/mol. The molecule has 0 saturated heterocycles. The topological polar surface area (TPSA) is 58.6 Å². The molecule has 0 aliphatic heterocycles. The maximum atomic E-state index is 12.5. The second-order valence-corrected chi connectivity index (χ2v) is 4.82. The predicted octanol–water partition coefficient (Wildman–Crippen LogP) is 2.42. The number of hydrogen-bond donors (Lipinski definition) is 1. The summed E-state index contributed by atoms with van der Waals surface area (Å²) >= 11 is 0. The summed E-state index contributed by atoms with van der Waals surface area (Å²) in [7, 11) is 1.69. The van der Waals surface area contributed by atoms with Crippen molar-refractivity contribution in [3.8, 4) is 0 Å². The summed E-state index contributed by atoms with van der Waals surface area (Å²) in [5, 5.41) is 2.62. The number of rotatable bonds is 5. The number of amides is 2. The van der Waals surface area contributed by atoms with Crippen LogP contribution in [0.5, 0.6) is 0 Å². The van der Waals surface area contributed by atoms with Crippen LogP contribution in [0.4, 0.5) is 10.5 Å². The van der Waals surface area contributed by atoms with E-state index in [1.807, 2.05) is 44.2 Å². The summed E-state index contributed by atoms with van der Waals surface area (Å²) in [6.07, 6.45) is -0.569. The molecule has 1 atom stereocenters. The molecule has 0 heterocycles. The van der Waals surface area contributed by atoms with E-state index in [0.717, 1.165) is 5.69 Å². The van der Waals surface area contributed by atoms with Crippen LogP contribution in [0.3, 0.4) is 0 Å². The Morgan fingerprint density at radius 1 is 1.25 bits per heavy atom. The summed E-state index contributed by atoms with van der Waals surface area (Å²) in [6, 6.07) is 8.70. The van der Waals surface area contributed by atoms with Crippen LogP contribution in [-0.4, -0.2) is 31.7 Å². The molecule has 1 rings (SSSR count). The SMILES string of the molecule is CCOC(=O)NC(C(=O)N(C)c1ccccc1)C(C)C. The van der Waals surface area contributed by atoms with Gasteiger partial charge in [0.1, 0.15) is 6.04 Å². The molecule has 0 aliphatic rings. The third kappa shape index (κ3) is 4.26. The van der Waals surface area contributed by atoms with Crippen molar-refractivity contribution in [1.29, 1.82) is 0 Å². The predicted molar refractivity (Wildman–Crippen MR) is 78.6 cm³/mol. The zero-order valence-electron chi connectivity index (χ0n) is 12.4. The van der Waals surface area contributed by atoms with Gasteiger partial charge >= 0.3 is 6.09 Å². The number of anilines is 1. The van der Waals surface area contributed by atoms with Gasteiger partial charge in [0, 0.05) is 12.7 Å². The molecule has 0 spiro atoms. The number of likely N-dealkylation sites (N-methyl/N-ethyl adjacent to an activating group) is 1. The lowest BCUT2D eigenvalue weighted by Gasteiger charge is -2.26. The molecule has 5 nitrogen and oxygen atoms in total. The first-order valence-corrected chi connectivity index (χ1v) is 6.73. The first kappa shape index (κ1) is 16.0. The molecule has 1 aromatic rings. The number of carbonyl (C=O) groups excluding carboxylic acids is 2. The fourth-order valence-electron chi connectivity index (χ4n) is 1.80. The third-order valence-corrected chi connectivity index (χ3v) is 2.96. The van der Waals surface area contributed by atoms with E-state index >= 15 is 0 Å². The van der Waals surface area contributed by atoms with Crippen molar-refractivity contribution < 1.29 is 14.3 Å². The van der Waals surface area contributed by atoms with Gasteiger partial charge in [0.2, 0.25) is 5.91 Å². The molecule has 1 aromatic carbocycles. The van der Waals surface area contributed by atoms with Gasteiger partial charge in [-0.25, -0.2) is 4.79 Å². The minimum absolute atomic E-state index is 0.0296. The monoisotopic (exact) mass is 278 g/mol. The minimum Gasteiger partial charge on any atom is -0.450 e. The van der Waals surface area contributed by atoms with Gasteiger partial charge in [0.15, 0.2) is 0 Å². The zero-order chi connectivity index (χ0) is 15.1. The van der Waals surface area contributed by atoms with Gasteiger partial charge in [-0.15, -0.1) is 0 Å². The van der Waals surface area contributed by atoms with E-state index in [1.165, 1.54) is 4.90 Å². The molecule has 1 N–H and O–H groups in total. The Bertz CT molecular complexity index is 446. The number of nitrogens with zero attached hydrogens (tertiary/aromatic N) is 1. The molecule has 20 heavy (non-hydrogen) atoms. The normalized spacial score (nSPS) is 11.8. The summed E-state index contributed by atoms with van der Waals surface area (Å²) < 4.78 is 4.84. The Kier molecular flexibility index (Phi) is 6.03. The van der Waals surface area contributed by atoms with E-state index in [4.69, 9.17) is 4.74 Å². The molecule has 5 heteroatoms. The smallest absolute Gasteiger partial charge is 0.407 e. The molecule has 0 radical (unpaired) electrons. The van der Waals surface area contributed by atoms with E-state index in [9.17, 15) is 9.59 Å². The van der Waals surface area contributed by atoms with Crippen LogP contribution in [0.15, 0.2) is 30.3 Å². The van der Waals surface area contributed by atoms with Gasteiger partial charge in [0.05, 0.1) is 6.61 Å². The number of para-hydroxylation sites is 1. The third-order valence-electron chi connectivity index (χ3n) is 2.96. The summed E-state index contributed by atoms with van der Waals surface area (Å²) in [5.41, 5.74) is 0.786. The lowest BCUT2D eigenvalue weighted by Crippen LogP contribution is -2.50. The highest BCUT2D eigenvalue weighted by Gasteiger charge is 2.27. The average Bonchev–Trinajstić information content (AvgIpc) is 2.44. The highest BCUT2D eigenvalue weighted by atomic mass is 16.5. The number of hydrogen-bond acceptors (Lipinski definition) is 3. The lowest BCUT2D eigenvalue weighted by molar-refractivity contribution is -0.121. The number of ether oxygens (including phenoxy) is 1. The summed E-state index contributed by atoms with van der Waals surface area (Å²) in [6.45, 7) is 5.77. The molecule has 0 fully saturated rings. The molecular formula is C15H22N2O3. The Morgan fingerprint density at radius 3 is 2.35 bits per heavy atom. The largest absolute Gasteiger partial charge is 0.450 e. The second-order valence-electron chi connectivity index (χ2n) is 4.82. The molecule has 0 aromatic heterocycles. The number of benzene rings is 1. The first-order valence-electron chi connectivity index (χ1n) is 6.73. The molecule has 0 bridgehead atoms. The Labute approximate surface area is 119 Å². The van der Waals surface area contributed by atoms with Crippen molar-refractivity contribution in [2.24, 2.45) is 5.92 Å². The fourth-order valence-corrected chi connectivity index (χ4v) is 1.80. The van der Waals surface area contributed by atoms with Crippen LogP contribution in [0, 0.1) is 5.92 Å². The zero-order valence-corrected chi connectivity index (χ0v) is 12.4. The standard InChI is InChI=1S/C15H22N2O3/c1-5-20-15(19)16-13(11(2)3)14(18)17(4)12-9-7-6-8-10-12/h6-11,13H,5H2,1-4H3,(H,16,19). The Balaban J connectivity index is 2.81. The first-order chi connectivity index (χ1) is 9.47. The fraction of sp³-hybridized carbons (Fsp3) is 0.467. The second kappa shape index (κ2) is 7.53. The Hall–Kier alpha value is -2.04. The Morgan fingerprint density at radius 2 is 1.85 bits per heavy atom. The molecule has 0 saturated carbocycles. The average molecular weight is 278 g/mol. The van der Waals surface area contributed by atoms with Crippen LogP contribution in [0.25, 0.3) is 0 Å². The van der Waals surface area contributed by atoms with Crippen molar-refractivity contribution in [3.63, 3.8) is 0 Å². The van der Waals surface area contributed by atoms with E-state index < -0.39 is 12.1 Å². The van der Waals surface area contributed by atoms with Crippen LogP contribution >= 0.6 is 0 Å². The van der Waals surface area contributed by atoms with E-state index in [1.54, 1.807) is 14.0 Å². The molecule has 0 aliphatic carbocycles. The van der Waals surface area contributed by atoms with Crippen molar-refractivity contribution >= 4 is 17.7 Å². The van der Waals surface area contributed by atoms with Crippen LogP contribution in [-0.2, 0) is 9.53 Å². The molecule has 2 amide bonds. The van der Waals surface area contributed by atoms with Gasteiger partial charge < -0.3 is 15.0 Å². The van der Waals surface area contributed by atoms with Crippen molar-refractivity contribution in [1.82, 2.24) is 5.32 Å². The lowest BCUT2D eigenvalue weighted by atomic mass is 10.0. The van der Waals surface area contributed by atoms with Crippen LogP contribution in [0.2, 0.25) is 0 Å². The van der Waals surface area contributed by atoms with Gasteiger partial charge in [-0.05, 0) is 25.0 Å². The van der Waals surface area contributed by atoms with Gasteiger partial charge in [0.25, 0.3) is 0 Å². The number of nitrogens with one attached hydrogen (secondary N) is 1. The highest BCUT2D eigenvalue weighted by molar-refractivity contribution is 5.98. The van der Waals surface area contributed by atoms with Gasteiger partial charge in [-0.1, -0.05) is 32.0 Å². The van der Waals surface area contributed by atoms with Crippen molar-refractivity contribution in [2.45, 2.75) is 26.8 Å². The van der Waals surface area contributed by atoms with Crippen molar-refractivity contribution in [3.05, 3.63) is 30.3 Å². The van der Waals surface area contributed by atoms with E-state index in [0.29, 0.717) is 0 Å². The summed E-state index contributed by atoms with van der Waals surface area (Å²) in [5.74, 6) is -0.197. The quantitative estimate of drug-likeness (QED) is 0.900. The number of alkyl carbamates (subject to hydrolysis) is 1.